The molecule has 0 spiro atoms. The van der Waals surface area contributed by atoms with Crippen LogP contribution in [0.1, 0.15) is 118 Å². The van der Waals surface area contributed by atoms with Crippen LogP contribution in [0, 0.1) is 0 Å². The van der Waals surface area contributed by atoms with Crippen LogP contribution in [0.25, 0.3) is 0 Å². The molecule has 0 amide bonds. The van der Waals surface area contributed by atoms with Crippen LogP contribution in [0.15, 0.2) is 0 Å². The molecule has 0 N–H and O–H groups in total. The zero-order valence-electron chi connectivity index (χ0n) is 18.4. The van der Waals surface area contributed by atoms with Crippen molar-refractivity contribution in [3.63, 3.8) is 0 Å². The van der Waals surface area contributed by atoms with Gasteiger partial charge in [0.05, 0.1) is 0 Å². The van der Waals surface area contributed by atoms with Gasteiger partial charge < -0.3 is 10.2 Å². The van der Waals surface area contributed by atoms with Crippen molar-refractivity contribution < 1.29 is 10.2 Å². The molecular formula is C22H44O2S2Sn. The summed E-state index contributed by atoms with van der Waals surface area (Å²) < 4.78 is 3.31. The SMILES string of the molecule is CCC([O-])=S.CCC([O-])=S.CCCCCCC[CH2][Sn+2][CH2]CCCCCCC. The van der Waals surface area contributed by atoms with Crippen LogP contribution >= 0.6 is 24.4 Å². The minimum atomic E-state index is -0.162. The summed E-state index contributed by atoms with van der Waals surface area (Å²) in [4.78, 5) is 0. The number of thiocarbonyl (C=S) groups is 2. The van der Waals surface area contributed by atoms with Gasteiger partial charge in [-0.2, -0.15) is 0 Å². The molecule has 0 aliphatic rings. The molecular weight excluding hydrogens is 479 g/mol. The molecule has 0 atom stereocenters. The summed E-state index contributed by atoms with van der Waals surface area (Å²) in [7, 11) is 0. The van der Waals surface area contributed by atoms with Crippen molar-refractivity contribution in [1.82, 2.24) is 0 Å². The van der Waals surface area contributed by atoms with Crippen molar-refractivity contribution in [3.8, 4) is 0 Å². The average molecular weight is 523 g/mol. The Morgan fingerprint density at radius 3 is 1.07 bits per heavy atom. The molecule has 2 nitrogen and oxygen atoms in total. The Morgan fingerprint density at radius 1 is 0.556 bits per heavy atom. The van der Waals surface area contributed by atoms with E-state index in [0.717, 1.165) is 0 Å². The van der Waals surface area contributed by atoms with Crippen LogP contribution in [0.4, 0.5) is 0 Å². The maximum atomic E-state index is 9.63. The first-order valence-corrected chi connectivity index (χ1v) is 15.9. The van der Waals surface area contributed by atoms with E-state index in [-0.39, 0.29) is 31.2 Å². The van der Waals surface area contributed by atoms with Crippen molar-refractivity contribution in [2.45, 2.75) is 126 Å². The van der Waals surface area contributed by atoms with E-state index in [1.165, 1.54) is 64.2 Å². The van der Waals surface area contributed by atoms with Crippen LogP contribution in [-0.4, -0.2) is 31.2 Å². The fourth-order valence-corrected chi connectivity index (χ4v) is 5.75. The van der Waals surface area contributed by atoms with Crippen LogP contribution in [0.5, 0.6) is 0 Å². The van der Waals surface area contributed by atoms with Gasteiger partial charge >= 0.3 is 121 Å². The third-order valence-electron chi connectivity index (χ3n) is 3.99. The molecule has 27 heavy (non-hydrogen) atoms. The van der Waals surface area contributed by atoms with Gasteiger partial charge in [0.2, 0.25) is 0 Å². The molecule has 0 saturated heterocycles. The van der Waals surface area contributed by atoms with E-state index in [0.29, 0.717) is 12.8 Å². The van der Waals surface area contributed by atoms with E-state index in [9.17, 15) is 10.2 Å². The summed E-state index contributed by atoms with van der Waals surface area (Å²) >= 11 is 8.36. The molecule has 0 radical (unpaired) electrons. The molecule has 160 valence electrons. The van der Waals surface area contributed by atoms with Crippen molar-refractivity contribution in [2.24, 2.45) is 0 Å². The van der Waals surface area contributed by atoms with Crippen LogP contribution in [0.2, 0.25) is 8.87 Å². The van der Waals surface area contributed by atoms with Gasteiger partial charge in [0, 0.05) is 0 Å². The second-order valence-corrected chi connectivity index (χ2v) is 11.9. The summed E-state index contributed by atoms with van der Waals surface area (Å²) in [6, 6.07) is 0. The Hall–Kier alpha value is 0.579. The first kappa shape index (κ1) is 32.2. The van der Waals surface area contributed by atoms with Crippen LogP contribution in [-0.2, 0) is 0 Å². The number of rotatable bonds is 16. The van der Waals surface area contributed by atoms with Gasteiger partial charge in [0.25, 0.3) is 0 Å². The summed E-state index contributed by atoms with van der Waals surface area (Å²) in [6.45, 7) is 8.09. The zero-order valence-corrected chi connectivity index (χ0v) is 22.9. The van der Waals surface area contributed by atoms with E-state index in [2.05, 4.69) is 38.3 Å². The van der Waals surface area contributed by atoms with Crippen LogP contribution < -0.4 is 10.2 Å². The van der Waals surface area contributed by atoms with Gasteiger partial charge in [-0.1, -0.05) is 23.9 Å². The molecule has 0 heterocycles. The molecule has 0 unspecified atom stereocenters. The second kappa shape index (κ2) is 31.3. The third-order valence-corrected chi connectivity index (χ3v) is 8.61. The fraction of sp³-hybridized carbons (Fsp3) is 0.909. The molecule has 0 saturated carbocycles. The van der Waals surface area contributed by atoms with Gasteiger partial charge in [0.15, 0.2) is 0 Å². The summed E-state index contributed by atoms with van der Waals surface area (Å²) in [5, 5.41) is 18.9. The van der Waals surface area contributed by atoms with E-state index in [4.69, 9.17) is 0 Å². The maximum absolute atomic E-state index is 9.63. The molecule has 0 aliphatic carbocycles. The van der Waals surface area contributed by atoms with Gasteiger partial charge in [-0.15, -0.1) is 24.4 Å². The first-order chi connectivity index (χ1) is 13.0. The molecule has 0 aromatic heterocycles. The quantitative estimate of drug-likeness (QED) is 0.133. The Morgan fingerprint density at radius 2 is 0.815 bits per heavy atom. The molecule has 0 aromatic rings. The topological polar surface area (TPSA) is 46.1 Å². The van der Waals surface area contributed by atoms with Gasteiger partial charge in [0.1, 0.15) is 0 Å². The number of hydrogen-bond acceptors (Lipinski definition) is 4. The Labute approximate surface area is 191 Å². The van der Waals surface area contributed by atoms with Crippen LogP contribution in [0.3, 0.4) is 0 Å². The Balaban J connectivity index is -0.000000471. The average Bonchev–Trinajstić information content (AvgIpc) is 2.66. The van der Waals surface area contributed by atoms with Gasteiger partial charge in [-0.3, -0.25) is 0 Å². The van der Waals surface area contributed by atoms with E-state index in [1.807, 2.05) is 0 Å². The number of hydrogen-bond donors (Lipinski definition) is 0. The van der Waals surface area contributed by atoms with Gasteiger partial charge in [-0.25, -0.2) is 0 Å². The fourth-order valence-electron chi connectivity index (χ4n) is 2.19. The first-order valence-electron chi connectivity index (χ1n) is 11.1. The summed E-state index contributed by atoms with van der Waals surface area (Å²) in [5.41, 5.74) is 0. The summed E-state index contributed by atoms with van der Waals surface area (Å²) in [6.07, 6.45) is 18.8. The standard InChI is InChI=1S/2C8H17.2C3H6OS.Sn/c2*1-3-5-7-8-6-4-2;2*1-2-3(4)5;/h2*1,3-8H2,2H3;2*2H2,1H3,(H,4,5);/q;;;;+2/p-2. The minimum absolute atomic E-state index is 0.0736. The molecule has 0 aliphatic heterocycles. The number of unbranched alkanes of at least 4 members (excludes halogenated alkanes) is 10. The predicted molar refractivity (Wildman–Crippen MR) is 128 cm³/mol. The molecule has 0 aromatic carbocycles. The normalized spacial score (nSPS) is 9.33. The van der Waals surface area contributed by atoms with E-state index >= 15 is 0 Å². The van der Waals surface area contributed by atoms with Crippen molar-refractivity contribution in [2.75, 3.05) is 0 Å². The van der Waals surface area contributed by atoms with Crippen molar-refractivity contribution >= 4 is 55.7 Å². The molecule has 0 fully saturated rings. The zero-order chi connectivity index (χ0) is 21.2. The third kappa shape index (κ3) is 46.5. The van der Waals surface area contributed by atoms with E-state index < -0.39 is 0 Å². The van der Waals surface area contributed by atoms with Crippen molar-refractivity contribution in [1.29, 1.82) is 0 Å². The van der Waals surface area contributed by atoms with E-state index in [1.54, 1.807) is 35.6 Å². The van der Waals surface area contributed by atoms with Crippen molar-refractivity contribution in [3.05, 3.63) is 0 Å². The van der Waals surface area contributed by atoms with Gasteiger partial charge in [-0.05, 0) is 12.8 Å². The summed E-state index contributed by atoms with van der Waals surface area (Å²) in [5.74, 6) is 0. The Kier molecular flexibility index (Phi) is 37.4. The second-order valence-electron chi connectivity index (χ2n) is 6.74. The monoisotopic (exact) mass is 524 g/mol. The molecule has 0 bridgehead atoms. The Bertz CT molecular complexity index is 272. The molecule has 0 rings (SSSR count). The molecule has 5 heteroatoms. The predicted octanol–water partition coefficient (Wildman–Crippen LogP) is 6.42.